The Kier molecular flexibility index (Phi) is 5.26. The van der Waals surface area contributed by atoms with Crippen LogP contribution in [0.2, 0.25) is 0 Å². The topological polar surface area (TPSA) is 42.0 Å². The van der Waals surface area contributed by atoms with Gasteiger partial charge in [0.15, 0.2) is 0 Å². The quantitative estimate of drug-likeness (QED) is 0.487. The van der Waals surface area contributed by atoms with Crippen molar-refractivity contribution >= 4 is 17.2 Å². The second-order valence-corrected chi connectivity index (χ2v) is 7.12. The lowest BCUT2D eigenvalue weighted by atomic mass is 10.1. The SMILES string of the molecule is O=C(NCc1ccc(-c2csc(-c3ccccc3)n2)cc1)c1ccccc1F. The normalized spacial score (nSPS) is 10.6. The zero-order valence-electron chi connectivity index (χ0n) is 14.9. The summed E-state index contributed by atoms with van der Waals surface area (Å²) in [5.41, 5.74) is 4.03. The zero-order chi connectivity index (χ0) is 19.3. The third kappa shape index (κ3) is 4.00. The number of aromatic nitrogens is 1. The Balaban J connectivity index is 1.42. The van der Waals surface area contributed by atoms with Crippen LogP contribution in [0.15, 0.2) is 84.2 Å². The number of benzene rings is 3. The van der Waals surface area contributed by atoms with E-state index in [4.69, 9.17) is 4.98 Å². The summed E-state index contributed by atoms with van der Waals surface area (Å²) in [4.78, 5) is 16.8. The molecule has 0 fully saturated rings. The molecule has 0 aliphatic rings. The molecule has 0 unspecified atom stereocenters. The van der Waals surface area contributed by atoms with Crippen molar-refractivity contribution in [3.63, 3.8) is 0 Å². The van der Waals surface area contributed by atoms with E-state index in [0.717, 1.165) is 27.4 Å². The molecule has 4 rings (SSSR count). The van der Waals surface area contributed by atoms with Crippen molar-refractivity contribution in [2.75, 3.05) is 0 Å². The van der Waals surface area contributed by atoms with Gasteiger partial charge in [0, 0.05) is 23.1 Å². The van der Waals surface area contributed by atoms with Crippen LogP contribution in [0.4, 0.5) is 4.39 Å². The number of amides is 1. The summed E-state index contributed by atoms with van der Waals surface area (Å²) in [5.74, 6) is -0.942. The van der Waals surface area contributed by atoms with E-state index in [0.29, 0.717) is 6.54 Å². The summed E-state index contributed by atoms with van der Waals surface area (Å²) < 4.78 is 13.7. The lowest BCUT2D eigenvalue weighted by Crippen LogP contribution is -2.23. The maximum atomic E-state index is 13.7. The Morgan fingerprint density at radius 2 is 1.61 bits per heavy atom. The summed E-state index contributed by atoms with van der Waals surface area (Å²) in [6.07, 6.45) is 0. The van der Waals surface area contributed by atoms with Gasteiger partial charge in [-0.05, 0) is 17.7 Å². The minimum absolute atomic E-state index is 0.0510. The molecule has 28 heavy (non-hydrogen) atoms. The van der Waals surface area contributed by atoms with Crippen LogP contribution in [0, 0.1) is 5.82 Å². The Hall–Kier alpha value is -3.31. The van der Waals surface area contributed by atoms with Gasteiger partial charge >= 0.3 is 0 Å². The molecule has 0 spiro atoms. The van der Waals surface area contributed by atoms with Crippen molar-refractivity contribution in [1.82, 2.24) is 10.3 Å². The Morgan fingerprint density at radius 3 is 2.36 bits per heavy atom. The highest BCUT2D eigenvalue weighted by Crippen LogP contribution is 2.28. The first-order valence-corrected chi connectivity index (χ1v) is 9.71. The maximum Gasteiger partial charge on any atom is 0.254 e. The minimum Gasteiger partial charge on any atom is -0.348 e. The van der Waals surface area contributed by atoms with Crippen LogP contribution < -0.4 is 5.32 Å². The minimum atomic E-state index is -0.520. The van der Waals surface area contributed by atoms with Crippen molar-refractivity contribution in [1.29, 1.82) is 0 Å². The van der Waals surface area contributed by atoms with Crippen LogP contribution in [0.5, 0.6) is 0 Å². The van der Waals surface area contributed by atoms with Gasteiger partial charge in [-0.3, -0.25) is 4.79 Å². The average molecular weight is 388 g/mol. The second kappa shape index (κ2) is 8.15. The molecule has 0 aliphatic carbocycles. The van der Waals surface area contributed by atoms with Crippen molar-refractivity contribution in [3.05, 3.63) is 101 Å². The molecule has 0 atom stereocenters. The number of hydrogen-bond acceptors (Lipinski definition) is 3. The fraction of sp³-hybridized carbons (Fsp3) is 0.0435. The van der Waals surface area contributed by atoms with Crippen LogP contribution in [0.1, 0.15) is 15.9 Å². The lowest BCUT2D eigenvalue weighted by molar-refractivity contribution is 0.0947. The number of thiazole rings is 1. The molecule has 0 saturated carbocycles. The molecular formula is C23H17FN2OS. The number of carbonyl (C=O) groups is 1. The molecule has 0 saturated heterocycles. The van der Waals surface area contributed by atoms with Gasteiger partial charge in [-0.15, -0.1) is 11.3 Å². The van der Waals surface area contributed by atoms with Gasteiger partial charge in [0.2, 0.25) is 0 Å². The maximum absolute atomic E-state index is 13.7. The smallest absolute Gasteiger partial charge is 0.254 e. The van der Waals surface area contributed by atoms with Crippen LogP contribution in [0.3, 0.4) is 0 Å². The van der Waals surface area contributed by atoms with Gasteiger partial charge in [0.25, 0.3) is 5.91 Å². The van der Waals surface area contributed by atoms with Crippen LogP contribution in [-0.2, 0) is 6.54 Å². The van der Waals surface area contributed by atoms with Crippen LogP contribution >= 0.6 is 11.3 Å². The molecular weight excluding hydrogens is 371 g/mol. The largest absolute Gasteiger partial charge is 0.348 e. The predicted molar refractivity (Wildman–Crippen MR) is 111 cm³/mol. The molecule has 4 aromatic rings. The van der Waals surface area contributed by atoms with E-state index < -0.39 is 11.7 Å². The van der Waals surface area contributed by atoms with Gasteiger partial charge in [0.05, 0.1) is 11.3 Å². The highest BCUT2D eigenvalue weighted by molar-refractivity contribution is 7.13. The number of nitrogens with zero attached hydrogens (tertiary/aromatic N) is 1. The number of hydrogen-bond donors (Lipinski definition) is 1. The molecule has 138 valence electrons. The third-order valence-electron chi connectivity index (χ3n) is 4.35. The van der Waals surface area contributed by atoms with Gasteiger partial charge in [-0.1, -0.05) is 66.7 Å². The van der Waals surface area contributed by atoms with Crippen molar-refractivity contribution < 1.29 is 9.18 Å². The molecule has 0 bridgehead atoms. The molecule has 1 heterocycles. The summed E-state index contributed by atoms with van der Waals surface area (Å²) in [7, 11) is 0. The molecule has 0 aliphatic heterocycles. The molecule has 0 radical (unpaired) electrons. The molecule has 1 N–H and O–H groups in total. The highest BCUT2D eigenvalue weighted by Gasteiger charge is 2.10. The molecule has 1 amide bonds. The van der Waals surface area contributed by atoms with E-state index in [1.54, 1.807) is 23.5 Å². The standard InChI is InChI=1S/C23H17FN2OS/c24-20-9-5-4-8-19(20)22(27)25-14-16-10-12-17(13-11-16)21-15-28-23(26-21)18-6-2-1-3-7-18/h1-13,15H,14H2,(H,25,27). The molecule has 3 nitrogen and oxygen atoms in total. The number of carbonyl (C=O) groups excluding carboxylic acids is 1. The van der Waals surface area contributed by atoms with E-state index in [1.807, 2.05) is 60.0 Å². The number of halogens is 1. The van der Waals surface area contributed by atoms with Gasteiger partial charge < -0.3 is 5.32 Å². The Labute approximate surface area is 166 Å². The van der Waals surface area contributed by atoms with Gasteiger partial charge in [-0.25, -0.2) is 9.37 Å². The van der Waals surface area contributed by atoms with E-state index in [9.17, 15) is 9.18 Å². The molecule has 5 heteroatoms. The number of nitrogens with one attached hydrogen (secondary N) is 1. The fourth-order valence-corrected chi connectivity index (χ4v) is 3.67. The zero-order valence-corrected chi connectivity index (χ0v) is 15.7. The Morgan fingerprint density at radius 1 is 0.893 bits per heavy atom. The first-order chi connectivity index (χ1) is 13.7. The Bertz CT molecular complexity index is 1090. The van der Waals surface area contributed by atoms with E-state index >= 15 is 0 Å². The highest BCUT2D eigenvalue weighted by atomic mass is 32.1. The van der Waals surface area contributed by atoms with E-state index in [2.05, 4.69) is 5.32 Å². The lowest BCUT2D eigenvalue weighted by Gasteiger charge is -2.07. The number of rotatable bonds is 5. The molecule has 1 aromatic heterocycles. The van der Waals surface area contributed by atoms with Crippen LogP contribution in [-0.4, -0.2) is 10.9 Å². The fourth-order valence-electron chi connectivity index (χ4n) is 2.84. The monoisotopic (exact) mass is 388 g/mol. The van der Waals surface area contributed by atoms with Gasteiger partial charge in [-0.2, -0.15) is 0 Å². The summed E-state index contributed by atoms with van der Waals surface area (Å²) in [6.45, 7) is 0.333. The van der Waals surface area contributed by atoms with Crippen molar-refractivity contribution in [2.45, 2.75) is 6.54 Å². The summed E-state index contributed by atoms with van der Waals surface area (Å²) in [6, 6.07) is 23.9. The van der Waals surface area contributed by atoms with Crippen molar-refractivity contribution in [3.8, 4) is 21.8 Å². The van der Waals surface area contributed by atoms with E-state index in [-0.39, 0.29) is 5.56 Å². The second-order valence-electron chi connectivity index (χ2n) is 6.26. The van der Waals surface area contributed by atoms with Crippen LogP contribution in [0.25, 0.3) is 21.8 Å². The van der Waals surface area contributed by atoms with Crippen molar-refractivity contribution in [2.24, 2.45) is 0 Å². The van der Waals surface area contributed by atoms with Gasteiger partial charge in [0.1, 0.15) is 10.8 Å². The first kappa shape index (κ1) is 18.1. The summed E-state index contributed by atoms with van der Waals surface area (Å²) >= 11 is 1.61. The molecule has 3 aromatic carbocycles. The average Bonchev–Trinajstić information content (AvgIpc) is 3.24. The third-order valence-corrected chi connectivity index (χ3v) is 5.24. The van der Waals surface area contributed by atoms with E-state index in [1.165, 1.54) is 12.1 Å². The predicted octanol–water partition coefficient (Wildman–Crippen LogP) is 5.55. The first-order valence-electron chi connectivity index (χ1n) is 8.84. The summed E-state index contributed by atoms with van der Waals surface area (Å²) in [5, 5.41) is 5.77.